The Morgan fingerprint density at radius 2 is 2.21 bits per heavy atom. The fraction of sp³-hybridized carbons (Fsp3) is 0.421. The first kappa shape index (κ1) is 24.1. The Balaban J connectivity index is 1.68. The van der Waals surface area contributed by atoms with Crippen molar-refractivity contribution in [1.29, 1.82) is 0 Å². The van der Waals surface area contributed by atoms with Crippen LogP contribution in [0.2, 0.25) is 5.15 Å². The van der Waals surface area contributed by atoms with Crippen molar-refractivity contribution >= 4 is 45.1 Å². The lowest BCUT2D eigenvalue weighted by Crippen LogP contribution is -2.55. The molecule has 2 N–H and O–H groups in total. The first-order chi connectivity index (χ1) is 15.9. The summed E-state index contributed by atoms with van der Waals surface area (Å²) in [4.78, 5) is 8.15. The zero-order valence-electron chi connectivity index (χ0n) is 17.4. The van der Waals surface area contributed by atoms with Gasteiger partial charge in [-0.25, -0.2) is 9.36 Å². The summed E-state index contributed by atoms with van der Waals surface area (Å²) in [7, 11) is 1.49. The smallest absolute Gasteiger partial charge is 0.283 e. The monoisotopic (exact) mass is 555 g/mol. The Hall–Kier alpha value is -2.05. The van der Waals surface area contributed by atoms with Gasteiger partial charge < -0.3 is 24.5 Å². The molecule has 4 rings (SSSR count). The van der Waals surface area contributed by atoms with Crippen LogP contribution in [0.3, 0.4) is 0 Å². The topological polar surface area (TPSA) is 125 Å². The van der Waals surface area contributed by atoms with Crippen LogP contribution in [0.5, 0.6) is 0 Å². The summed E-state index contributed by atoms with van der Waals surface area (Å²) in [6.07, 6.45) is 2.10. The van der Waals surface area contributed by atoms with E-state index < -0.39 is 36.4 Å². The van der Waals surface area contributed by atoms with Crippen LogP contribution in [0, 0.1) is 13.5 Å². The van der Waals surface area contributed by atoms with Crippen molar-refractivity contribution in [2.45, 2.75) is 41.6 Å². The number of thioether (sulfide) groups is 1. The maximum Gasteiger partial charge on any atom is 0.283 e. The lowest BCUT2D eigenvalue weighted by molar-refractivity contribution is -0.186. The van der Waals surface area contributed by atoms with Crippen molar-refractivity contribution in [2.75, 3.05) is 13.7 Å². The number of pyridine rings is 1. The number of hydrogen-bond acceptors (Lipinski definition) is 9. The van der Waals surface area contributed by atoms with Gasteiger partial charge in [0, 0.05) is 23.8 Å². The molecule has 0 bridgehead atoms. The Labute approximate surface area is 206 Å². The highest BCUT2D eigenvalue weighted by molar-refractivity contribution is 9.10. The van der Waals surface area contributed by atoms with Gasteiger partial charge in [-0.05, 0) is 28.9 Å². The van der Waals surface area contributed by atoms with E-state index >= 15 is 0 Å². The molecule has 0 aliphatic carbocycles. The minimum absolute atomic E-state index is 0.207. The van der Waals surface area contributed by atoms with Crippen LogP contribution in [0.25, 0.3) is 10.7 Å². The summed E-state index contributed by atoms with van der Waals surface area (Å²) in [5.74, 6) is 0.605. The number of ether oxygens (including phenoxy) is 2. The number of aliphatic hydroxyl groups excluding tert-OH is 2. The van der Waals surface area contributed by atoms with Gasteiger partial charge in [-0.2, -0.15) is 5.10 Å². The van der Waals surface area contributed by atoms with Crippen molar-refractivity contribution in [1.82, 2.24) is 29.8 Å². The molecule has 0 saturated carbocycles. The Morgan fingerprint density at radius 3 is 2.85 bits per heavy atom. The SMILES string of the molecule is [C-]#[N+]c1ncc(Br)cc1S[C@H]1OC(CO)[C@H](O)[C@H](n2cc(-n3cc(C)c(Cl)n3)nn2)C1OC. The number of methoxy groups -OCH3 is 1. The molecule has 0 spiro atoms. The number of aromatic nitrogens is 6. The second-order valence-corrected chi connectivity index (χ2v) is 9.63. The van der Waals surface area contributed by atoms with E-state index in [0.29, 0.717) is 20.3 Å². The lowest BCUT2D eigenvalue weighted by atomic mass is 9.97. The lowest BCUT2D eigenvalue weighted by Gasteiger charge is -2.43. The predicted octanol–water partition coefficient (Wildman–Crippen LogP) is 2.56. The first-order valence-electron chi connectivity index (χ1n) is 9.67. The highest BCUT2D eigenvalue weighted by Crippen LogP contribution is 2.42. The van der Waals surface area contributed by atoms with E-state index in [1.54, 1.807) is 18.5 Å². The third-order valence-electron chi connectivity index (χ3n) is 5.12. The highest BCUT2D eigenvalue weighted by atomic mass is 79.9. The Morgan fingerprint density at radius 1 is 1.42 bits per heavy atom. The van der Waals surface area contributed by atoms with Crippen LogP contribution >= 0.6 is 39.3 Å². The van der Waals surface area contributed by atoms with Gasteiger partial charge in [-0.15, -0.1) is 21.8 Å². The summed E-state index contributed by atoms with van der Waals surface area (Å²) in [6.45, 7) is 8.79. The van der Waals surface area contributed by atoms with Gasteiger partial charge in [0.1, 0.15) is 36.0 Å². The number of halogens is 2. The van der Waals surface area contributed by atoms with Gasteiger partial charge in [0.15, 0.2) is 11.0 Å². The van der Waals surface area contributed by atoms with Crippen LogP contribution in [0.4, 0.5) is 5.82 Å². The van der Waals surface area contributed by atoms with Gasteiger partial charge in [-0.1, -0.05) is 23.4 Å². The van der Waals surface area contributed by atoms with Gasteiger partial charge in [-0.3, -0.25) is 0 Å². The van der Waals surface area contributed by atoms with E-state index in [-0.39, 0.29) is 5.82 Å². The standard InChI is InChI=1S/C19H19BrClN7O4S/c1-9-6-27(25-17(9)21)13-7-28(26-24-13)14-15(30)11(8-29)32-19(16(14)31-3)33-12-4-10(20)5-23-18(12)22-2/h4-7,11,14-16,19,29-30H,8H2,1,3H3/t11?,14-,15-,16?,19+/m0/s1. The van der Waals surface area contributed by atoms with Crippen molar-refractivity contribution in [3.63, 3.8) is 0 Å². The molecule has 1 fully saturated rings. The maximum absolute atomic E-state index is 11.0. The quantitative estimate of drug-likeness (QED) is 0.441. The van der Waals surface area contributed by atoms with E-state index in [1.807, 2.05) is 6.92 Å². The van der Waals surface area contributed by atoms with E-state index in [2.05, 4.69) is 41.2 Å². The minimum Gasteiger partial charge on any atom is -0.394 e. The zero-order chi connectivity index (χ0) is 23.7. The fourth-order valence-electron chi connectivity index (χ4n) is 3.49. The number of hydrogen-bond donors (Lipinski definition) is 2. The van der Waals surface area contributed by atoms with E-state index in [4.69, 9.17) is 27.6 Å². The van der Waals surface area contributed by atoms with Crippen LogP contribution in [-0.4, -0.2) is 77.4 Å². The maximum atomic E-state index is 11.0. The molecule has 5 atom stereocenters. The van der Waals surface area contributed by atoms with Crippen molar-refractivity contribution < 1.29 is 19.7 Å². The summed E-state index contributed by atoms with van der Waals surface area (Å²) in [6, 6.07) is 1.01. The molecular weight excluding hydrogens is 538 g/mol. The number of rotatable bonds is 6. The minimum atomic E-state index is -1.14. The molecule has 11 nitrogen and oxygen atoms in total. The van der Waals surface area contributed by atoms with Crippen molar-refractivity contribution in [3.8, 4) is 5.82 Å². The molecule has 0 radical (unpaired) electrons. The van der Waals surface area contributed by atoms with Crippen LogP contribution in [-0.2, 0) is 9.47 Å². The van der Waals surface area contributed by atoms with Gasteiger partial charge >= 0.3 is 0 Å². The second kappa shape index (κ2) is 10.1. The molecule has 14 heteroatoms. The normalized spacial score (nSPS) is 25.2. The molecule has 174 valence electrons. The number of aryl methyl sites for hydroxylation is 1. The first-order valence-corrected chi connectivity index (χ1v) is 11.7. The van der Waals surface area contributed by atoms with Gasteiger partial charge in [0.25, 0.3) is 5.82 Å². The average molecular weight is 557 g/mol. The molecule has 33 heavy (non-hydrogen) atoms. The highest BCUT2D eigenvalue weighted by Gasteiger charge is 2.47. The summed E-state index contributed by atoms with van der Waals surface area (Å²) < 4.78 is 15.3. The molecule has 3 aromatic heterocycles. The molecule has 1 aliphatic heterocycles. The molecule has 4 heterocycles. The van der Waals surface area contributed by atoms with Crippen molar-refractivity contribution in [2.24, 2.45) is 0 Å². The third-order valence-corrected chi connectivity index (χ3v) is 7.09. The van der Waals surface area contributed by atoms with E-state index in [9.17, 15) is 10.2 Å². The molecule has 1 aliphatic rings. The van der Waals surface area contributed by atoms with Crippen LogP contribution in [0.15, 0.2) is 34.0 Å². The average Bonchev–Trinajstić information content (AvgIpc) is 3.41. The largest absolute Gasteiger partial charge is 0.394 e. The fourth-order valence-corrected chi connectivity index (χ4v) is 5.36. The number of aliphatic hydroxyl groups is 2. The van der Waals surface area contributed by atoms with Gasteiger partial charge in [0.05, 0.1) is 17.3 Å². The zero-order valence-corrected chi connectivity index (χ0v) is 20.6. The predicted molar refractivity (Wildman–Crippen MR) is 123 cm³/mol. The van der Waals surface area contributed by atoms with Crippen LogP contribution in [0.1, 0.15) is 11.6 Å². The van der Waals surface area contributed by atoms with Gasteiger partial charge in [0.2, 0.25) is 0 Å². The number of nitrogens with zero attached hydrogens (tertiary/aromatic N) is 7. The summed E-state index contributed by atoms with van der Waals surface area (Å²) in [5, 5.41) is 33.7. The third kappa shape index (κ3) is 4.78. The Bertz CT molecular complexity index is 1170. The molecule has 0 aromatic carbocycles. The molecule has 0 amide bonds. The molecular formula is C19H19BrClN7O4S. The molecule has 3 aromatic rings. The summed E-state index contributed by atoms with van der Waals surface area (Å²) >= 11 is 10.6. The Kier molecular flexibility index (Phi) is 7.34. The van der Waals surface area contributed by atoms with Crippen LogP contribution < -0.4 is 0 Å². The molecule has 2 unspecified atom stereocenters. The molecule has 1 saturated heterocycles. The second-order valence-electron chi connectivity index (χ2n) is 7.22. The summed E-state index contributed by atoms with van der Waals surface area (Å²) in [5.41, 5.74) is 0.0910. The van der Waals surface area contributed by atoms with Crippen molar-refractivity contribution in [3.05, 3.63) is 51.3 Å². The van der Waals surface area contributed by atoms with E-state index in [0.717, 1.165) is 5.56 Å². The van der Waals surface area contributed by atoms with E-state index in [1.165, 1.54) is 34.4 Å².